The topological polar surface area (TPSA) is 61.8 Å². The standard InChI is InChI=1S/C14H28N2O3/c1-11(2)8-12(4-6-17)9-15-14(18)13-10-16(3)5-7-19-13/h11-13,17H,4-10H2,1-3H3,(H,15,18). The van der Waals surface area contributed by atoms with Crippen molar-refractivity contribution in [3.05, 3.63) is 0 Å². The predicted molar refractivity (Wildman–Crippen MR) is 74.9 cm³/mol. The molecule has 19 heavy (non-hydrogen) atoms. The third kappa shape index (κ3) is 6.36. The lowest BCUT2D eigenvalue weighted by Crippen LogP contribution is -2.49. The lowest BCUT2D eigenvalue weighted by Gasteiger charge is -2.29. The van der Waals surface area contributed by atoms with E-state index in [1.807, 2.05) is 7.05 Å². The normalized spacial score (nSPS) is 22.5. The van der Waals surface area contributed by atoms with Crippen molar-refractivity contribution >= 4 is 5.91 Å². The van der Waals surface area contributed by atoms with Crippen LogP contribution in [0.2, 0.25) is 0 Å². The van der Waals surface area contributed by atoms with E-state index >= 15 is 0 Å². The van der Waals surface area contributed by atoms with E-state index in [9.17, 15) is 4.79 Å². The van der Waals surface area contributed by atoms with Crippen LogP contribution in [0.4, 0.5) is 0 Å². The zero-order chi connectivity index (χ0) is 14.3. The minimum Gasteiger partial charge on any atom is -0.396 e. The van der Waals surface area contributed by atoms with Gasteiger partial charge in [-0.3, -0.25) is 4.79 Å². The van der Waals surface area contributed by atoms with Gasteiger partial charge in [-0.25, -0.2) is 0 Å². The monoisotopic (exact) mass is 272 g/mol. The SMILES string of the molecule is CC(C)CC(CCO)CNC(=O)C1CN(C)CCO1. The van der Waals surface area contributed by atoms with Crippen LogP contribution in [-0.4, -0.2) is 61.9 Å². The average Bonchev–Trinajstić information content (AvgIpc) is 2.35. The van der Waals surface area contributed by atoms with E-state index in [1.165, 1.54) is 0 Å². The third-order valence-corrected chi connectivity index (χ3v) is 3.47. The van der Waals surface area contributed by atoms with Crippen LogP contribution in [0, 0.1) is 11.8 Å². The summed E-state index contributed by atoms with van der Waals surface area (Å²) in [5.41, 5.74) is 0. The summed E-state index contributed by atoms with van der Waals surface area (Å²) in [5, 5.41) is 12.0. The molecule has 1 aliphatic heterocycles. The summed E-state index contributed by atoms with van der Waals surface area (Å²) in [7, 11) is 2.00. The largest absolute Gasteiger partial charge is 0.396 e. The summed E-state index contributed by atoms with van der Waals surface area (Å²) in [4.78, 5) is 14.1. The van der Waals surface area contributed by atoms with Crippen LogP contribution in [0.3, 0.4) is 0 Å². The van der Waals surface area contributed by atoms with Gasteiger partial charge in [-0.15, -0.1) is 0 Å². The van der Waals surface area contributed by atoms with Crippen molar-refractivity contribution in [3.63, 3.8) is 0 Å². The highest BCUT2D eigenvalue weighted by Gasteiger charge is 2.25. The van der Waals surface area contributed by atoms with Gasteiger partial charge in [0.05, 0.1) is 6.61 Å². The minimum absolute atomic E-state index is 0.0294. The van der Waals surface area contributed by atoms with E-state index in [0.717, 1.165) is 19.4 Å². The molecule has 0 aromatic carbocycles. The number of carbonyl (C=O) groups excluding carboxylic acids is 1. The summed E-state index contributed by atoms with van der Waals surface area (Å²) < 4.78 is 5.48. The first-order chi connectivity index (χ1) is 9.02. The van der Waals surface area contributed by atoms with Gasteiger partial charge >= 0.3 is 0 Å². The van der Waals surface area contributed by atoms with E-state index < -0.39 is 0 Å². The second kappa shape index (κ2) is 8.51. The molecule has 2 unspecified atom stereocenters. The molecule has 5 heteroatoms. The first-order valence-corrected chi connectivity index (χ1v) is 7.21. The van der Waals surface area contributed by atoms with Crippen LogP contribution in [0.15, 0.2) is 0 Å². The van der Waals surface area contributed by atoms with Crippen molar-refractivity contribution in [1.29, 1.82) is 0 Å². The van der Waals surface area contributed by atoms with Crippen molar-refractivity contribution < 1.29 is 14.6 Å². The highest BCUT2D eigenvalue weighted by atomic mass is 16.5. The quantitative estimate of drug-likeness (QED) is 0.707. The van der Waals surface area contributed by atoms with Crippen LogP contribution >= 0.6 is 0 Å². The minimum atomic E-state index is -0.354. The molecule has 1 aliphatic rings. The van der Waals surface area contributed by atoms with Gasteiger partial charge in [-0.2, -0.15) is 0 Å². The summed E-state index contributed by atoms with van der Waals surface area (Å²) in [5.74, 6) is 0.888. The van der Waals surface area contributed by atoms with Crippen molar-refractivity contribution in [2.45, 2.75) is 32.8 Å². The second-order valence-electron chi connectivity index (χ2n) is 5.87. The summed E-state index contributed by atoms with van der Waals surface area (Å²) in [6.07, 6.45) is 1.41. The van der Waals surface area contributed by atoms with Crippen molar-refractivity contribution in [3.8, 4) is 0 Å². The molecule has 1 saturated heterocycles. The Kier molecular flexibility index (Phi) is 7.34. The van der Waals surface area contributed by atoms with Crippen LogP contribution < -0.4 is 5.32 Å². The van der Waals surface area contributed by atoms with Crippen molar-refractivity contribution in [2.75, 3.05) is 39.9 Å². The number of likely N-dealkylation sites (N-methyl/N-ethyl adjacent to an activating group) is 1. The Hall–Kier alpha value is -0.650. The number of aliphatic hydroxyl groups excluding tert-OH is 1. The Morgan fingerprint density at radius 3 is 2.84 bits per heavy atom. The number of nitrogens with zero attached hydrogens (tertiary/aromatic N) is 1. The molecule has 2 atom stereocenters. The number of nitrogens with one attached hydrogen (secondary N) is 1. The lowest BCUT2D eigenvalue weighted by molar-refractivity contribution is -0.138. The van der Waals surface area contributed by atoms with Gasteiger partial charge in [0, 0.05) is 26.2 Å². The lowest BCUT2D eigenvalue weighted by atomic mass is 9.94. The molecule has 5 nitrogen and oxygen atoms in total. The van der Waals surface area contributed by atoms with E-state index in [0.29, 0.717) is 31.5 Å². The van der Waals surface area contributed by atoms with Crippen LogP contribution in [0.5, 0.6) is 0 Å². The fraction of sp³-hybridized carbons (Fsp3) is 0.929. The van der Waals surface area contributed by atoms with Gasteiger partial charge in [0.1, 0.15) is 6.10 Å². The molecule has 0 aromatic rings. The molecular weight excluding hydrogens is 244 g/mol. The molecule has 1 fully saturated rings. The third-order valence-electron chi connectivity index (χ3n) is 3.47. The van der Waals surface area contributed by atoms with Crippen LogP contribution in [0.25, 0.3) is 0 Å². The smallest absolute Gasteiger partial charge is 0.250 e. The maximum absolute atomic E-state index is 12.0. The highest BCUT2D eigenvalue weighted by Crippen LogP contribution is 2.14. The van der Waals surface area contributed by atoms with Crippen LogP contribution in [0.1, 0.15) is 26.7 Å². The molecule has 0 saturated carbocycles. The average molecular weight is 272 g/mol. The Balaban J connectivity index is 2.33. The number of carbonyl (C=O) groups is 1. The van der Waals surface area contributed by atoms with Gasteiger partial charge < -0.3 is 20.1 Å². The molecule has 1 heterocycles. The zero-order valence-corrected chi connectivity index (χ0v) is 12.4. The van der Waals surface area contributed by atoms with E-state index in [4.69, 9.17) is 9.84 Å². The van der Waals surface area contributed by atoms with Crippen molar-refractivity contribution in [2.24, 2.45) is 11.8 Å². The molecular formula is C14H28N2O3. The number of rotatable bonds is 7. The second-order valence-corrected chi connectivity index (χ2v) is 5.87. The zero-order valence-electron chi connectivity index (χ0n) is 12.4. The highest BCUT2D eigenvalue weighted by molar-refractivity contribution is 5.81. The molecule has 1 rings (SSSR count). The molecule has 1 amide bonds. The molecule has 0 radical (unpaired) electrons. The Bertz CT molecular complexity index is 271. The summed E-state index contributed by atoms with van der Waals surface area (Å²) >= 11 is 0. The molecule has 112 valence electrons. The molecule has 0 bridgehead atoms. The number of amides is 1. The van der Waals surface area contributed by atoms with E-state index in [2.05, 4.69) is 24.1 Å². The predicted octanol–water partition coefficient (Wildman–Crippen LogP) is 0.478. The maximum Gasteiger partial charge on any atom is 0.250 e. The van der Waals surface area contributed by atoms with Gasteiger partial charge in [-0.05, 0) is 31.7 Å². The van der Waals surface area contributed by atoms with Crippen LogP contribution in [-0.2, 0) is 9.53 Å². The maximum atomic E-state index is 12.0. The number of morpholine rings is 1. The molecule has 0 aromatic heterocycles. The summed E-state index contributed by atoms with van der Waals surface area (Å²) in [6, 6.07) is 0. The van der Waals surface area contributed by atoms with Gasteiger partial charge in [-0.1, -0.05) is 13.8 Å². The number of hydrogen-bond acceptors (Lipinski definition) is 4. The Morgan fingerprint density at radius 2 is 2.26 bits per heavy atom. The summed E-state index contributed by atoms with van der Waals surface area (Å²) in [6.45, 7) is 7.26. The fourth-order valence-electron chi connectivity index (χ4n) is 2.45. The molecule has 2 N–H and O–H groups in total. The number of ether oxygens (including phenoxy) is 1. The van der Waals surface area contributed by atoms with Gasteiger partial charge in [0.2, 0.25) is 5.91 Å². The van der Waals surface area contributed by atoms with Gasteiger partial charge in [0.25, 0.3) is 0 Å². The van der Waals surface area contributed by atoms with E-state index in [1.54, 1.807) is 0 Å². The van der Waals surface area contributed by atoms with Crippen molar-refractivity contribution in [1.82, 2.24) is 10.2 Å². The Morgan fingerprint density at radius 1 is 1.53 bits per heavy atom. The first-order valence-electron chi connectivity index (χ1n) is 7.21. The van der Waals surface area contributed by atoms with E-state index in [-0.39, 0.29) is 18.6 Å². The Labute approximate surface area is 116 Å². The number of hydrogen-bond donors (Lipinski definition) is 2. The molecule has 0 aliphatic carbocycles. The number of aliphatic hydroxyl groups is 1. The van der Waals surface area contributed by atoms with Gasteiger partial charge in [0.15, 0.2) is 0 Å². The molecule has 0 spiro atoms. The fourth-order valence-corrected chi connectivity index (χ4v) is 2.45. The first kappa shape index (κ1) is 16.4.